The van der Waals surface area contributed by atoms with Gasteiger partial charge in [-0.15, -0.1) is 0 Å². The SMILES string of the molecule is O=C(N[C@@H]1CCOc2ccc(F)cc21)[C@H]1COCCN1CC(F)F. The van der Waals surface area contributed by atoms with Crippen molar-refractivity contribution in [2.24, 2.45) is 0 Å². The summed E-state index contributed by atoms with van der Waals surface area (Å²) in [6.07, 6.45) is -2.03. The first-order valence-electron chi connectivity index (χ1n) is 7.87. The smallest absolute Gasteiger partial charge is 0.251 e. The number of ether oxygens (including phenoxy) is 2. The summed E-state index contributed by atoms with van der Waals surface area (Å²) >= 11 is 0. The molecule has 1 fully saturated rings. The predicted molar refractivity (Wildman–Crippen MR) is 79.6 cm³/mol. The van der Waals surface area contributed by atoms with Crippen LogP contribution in [-0.4, -0.2) is 56.2 Å². The van der Waals surface area contributed by atoms with Crippen molar-refractivity contribution in [1.29, 1.82) is 0 Å². The Labute approximate surface area is 137 Å². The Morgan fingerprint density at radius 1 is 1.38 bits per heavy atom. The molecule has 132 valence electrons. The lowest BCUT2D eigenvalue weighted by Gasteiger charge is -2.35. The zero-order valence-electron chi connectivity index (χ0n) is 13.0. The number of nitrogens with one attached hydrogen (secondary N) is 1. The fourth-order valence-corrected chi connectivity index (χ4v) is 3.06. The standard InChI is InChI=1S/C16H19F3N2O3/c17-10-1-2-14-11(7-10)12(3-5-24-14)20-16(22)13-9-23-6-4-21(13)8-15(18)19/h1-2,7,12-13,15H,3-6,8-9H2,(H,20,22)/t12-,13-/m1/s1. The molecule has 0 radical (unpaired) electrons. The van der Waals surface area contributed by atoms with Crippen LogP contribution in [0, 0.1) is 5.82 Å². The van der Waals surface area contributed by atoms with Gasteiger partial charge in [0, 0.05) is 18.5 Å². The van der Waals surface area contributed by atoms with Crippen molar-refractivity contribution in [2.45, 2.75) is 24.9 Å². The Morgan fingerprint density at radius 3 is 3.00 bits per heavy atom. The largest absolute Gasteiger partial charge is 0.493 e. The number of halogens is 3. The maximum atomic E-state index is 13.5. The van der Waals surface area contributed by atoms with Gasteiger partial charge in [-0.2, -0.15) is 0 Å². The highest BCUT2D eigenvalue weighted by Gasteiger charge is 2.33. The van der Waals surface area contributed by atoms with E-state index in [1.54, 1.807) is 0 Å². The Kier molecular flexibility index (Phi) is 5.25. The minimum Gasteiger partial charge on any atom is -0.493 e. The van der Waals surface area contributed by atoms with Gasteiger partial charge in [-0.3, -0.25) is 9.69 Å². The van der Waals surface area contributed by atoms with E-state index in [0.717, 1.165) is 0 Å². The average molecular weight is 344 g/mol. The molecular formula is C16H19F3N2O3. The second kappa shape index (κ2) is 7.40. The Balaban J connectivity index is 1.71. The normalized spacial score (nSPS) is 24.3. The highest BCUT2D eigenvalue weighted by molar-refractivity contribution is 5.82. The average Bonchev–Trinajstić information content (AvgIpc) is 2.55. The van der Waals surface area contributed by atoms with E-state index in [1.165, 1.54) is 23.1 Å². The van der Waals surface area contributed by atoms with Crippen LogP contribution in [-0.2, 0) is 9.53 Å². The van der Waals surface area contributed by atoms with Crippen molar-refractivity contribution in [3.05, 3.63) is 29.6 Å². The lowest BCUT2D eigenvalue weighted by Crippen LogP contribution is -2.55. The van der Waals surface area contributed by atoms with Crippen LogP contribution in [0.15, 0.2) is 18.2 Å². The Hall–Kier alpha value is -1.80. The third kappa shape index (κ3) is 3.81. The van der Waals surface area contributed by atoms with E-state index in [1.807, 2.05) is 0 Å². The van der Waals surface area contributed by atoms with Gasteiger partial charge >= 0.3 is 0 Å². The van der Waals surface area contributed by atoms with Gasteiger partial charge in [0.25, 0.3) is 6.43 Å². The number of hydrogen-bond acceptors (Lipinski definition) is 4. The topological polar surface area (TPSA) is 50.8 Å². The first kappa shape index (κ1) is 17.0. The van der Waals surface area contributed by atoms with E-state index < -0.39 is 36.8 Å². The molecule has 0 unspecified atom stereocenters. The van der Waals surface area contributed by atoms with E-state index in [4.69, 9.17) is 9.47 Å². The van der Waals surface area contributed by atoms with Crippen molar-refractivity contribution in [1.82, 2.24) is 10.2 Å². The zero-order chi connectivity index (χ0) is 17.1. The molecule has 1 N–H and O–H groups in total. The number of rotatable bonds is 4. The van der Waals surface area contributed by atoms with E-state index in [2.05, 4.69) is 5.32 Å². The molecule has 1 aromatic carbocycles. The fourth-order valence-electron chi connectivity index (χ4n) is 3.06. The van der Waals surface area contributed by atoms with Crippen LogP contribution in [0.2, 0.25) is 0 Å². The molecule has 2 aliphatic heterocycles. The van der Waals surface area contributed by atoms with Gasteiger partial charge in [0.2, 0.25) is 5.91 Å². The molecule has 3 rings (SSSR count). The van der Waals surface area contributed by atoms with Crippen molar-refractivity contribution < 1.29 is 27.4 Å². The van der Waals surface area contributed by atoms with Crippen LogP contribution in [0.3, 0.4) is 0 Å². The second-order valence-electron chi connectivity index (χ2n) is 5.86. The quantitative estimate of drug-likeness (QED) is 0.904. The highest BCUT2D eigenvalue weighted by atomic mass is 19.3. The summed E-state index contributed by atoms with van der Waals surface area (Å²) in [4.78, 5) is 14.0. The molecule has 0 aromatic heterocycles. The number of carbonyl (C=O) groups excluding carboxylic acids is 1. The van der Waals surface area contributed by atoms with Crippen LogP contribution < -0.4 is 10.1 Å². The lowest BCUT2D eigenvalue weighted by molar-refractivity contribution is -0.134. The van der Waals surface area contributed by atoms with Crippen LogP contribution in [0.4, 0.5) is 13.2 Å². The van der Waals surface area contributed by atoms with Crippen molar-refractivity contribution in [3.8, 4) is 5.75 Å². The maximum absolute atomic E-state index is 13.5. The molecule has 2 aliphatic rings. The van der Waals surface area contributed by atoms with Crippen molar-refractivity contribution in [3.63, 3.8) is 0 Å². The van der Waals surface area contributed by atoms with Crippen molar-refractivity contribution in [2.75, 3.05) is 32.9 Å². The summed E-state index contributed by atoms with van der Waals surface area (Å²) in [5.74, 6) is -0.284. The molecule has 2 atom stereocenters. The minimum absolute atomic E-state index is 0.0672. The van der Waals surface area contributed by atoms with E-state index in [-0.39, 0.29) is 13.2 Å². The number of morpholine rings is 1. The van der Waals surface area contributed by atoms with Crippen LogP contribution in [0.25, 0.3) is 0 Å². The van der Waals surface area contributed by atoms with Crippen LogP contribution >= 0.6 is 0 Å². The van der Waals surface area contributed by atoms with Gasteiger partial charge in [0.1, 0.15) is 17.6 Å². The molecule has 1 aromatic rings. The summed E-state index contributed by atoms with van der Waals surface area (Å²) in [7, 11) is 0. The molecule has 0 saturated carbocycles. The molecule has 1 amide bonds. The highest BCUT2D eigenvalue weighted by Crippen LogP contribution is 2.32. The first-order valence-corrected chi connectivity index (χ1v) is 7.87. The van der Waals surface area contributed by atoms with Gasteiger partial charge in [0.15, 0.2) is 0 Å². The number of alkyl halides is 2. The number of nitrogens with zero attached hydrogens (tertiary/aromatic N) is 1. The second-order valence-corrected chi connectivity index (χ2v) is 5.86. The maximum Gasteiger partial charge on any atom is 0.251 e. The number of hydrogen-bond donors (Lipinski definition) is 1. The van der Waals surface area contributed by atoms with E-state index in [9.17, 15) is 18.0 Å². The number of amides is 1. The predicted octanol–water partition coefficient (Wildman–Crippen LogP) is 1.73. The molecular weight excluding hydrogens is 325 g/mol. The van der Waals surface area contributed by atoms with E-state index in [0.29, 0.717) is 30.9 Å². The molecule has 2 heterocycles. The van der Waals surface area contributed by atoms with Crippen molar-refractivity contribution >= 4 is 5.91 Å². The van der Waals surface area contributed by atoms with Gasteiger partial charge in [-0.25, -0.2) is 13.2 Å². The molecule has 8 heteroatoms. The molecule has 1 saturated heterocycles. The van der Waals surface area contributed by atoms with Gasteiger partial charge in [0.05, 0.1) is 32.4 Å². The Morgan fingerprint density at radius 2 is 2.21 bits per heavy atom. The van der Waals surface area contributed by atoms with Crippen LogP contribution in [0.1, 0.15) is 18.0 Å². The van der Waals surface area contributed by atoms with E-state index >= 15 is 0 Å². The minimum atomic E-state index is -2.52. The Bertz CT molecular complexity index is 600. The lowest BCUT2D eigenvalue weighted by atomic mass is 9.99. The summed E-state index contributed by atoms with van der Waals surface area (Å²) in [5, 5.41) is 2.82. The summed E-state index contributed by atoms with van der Waals surface area (Å²) in [5.41, 5.74) is 0.562. The third-order valence-electron chi connectivity index (χ3n) is 4.24. The zero-order valence-corrected chi connectivity index (χ0v) is 13.0. The molecule has 0 spiro atoms. The summed E-state index contributed by atoms with van der Waals surface area (Å²) in [6.45, 7) is 0.590. The molecule has 5 nitrogen and oxygen atoms in total. The molecule has 0 bridgehead atoms. The van der Waals surface area contributed by atoms with Crippen LogP contribution in [0.5, 0.6) is 5.75 Å². The van der Waals surface area contributed by atoms with Gasteiger partial charge in [-0.1, -0.05) is 0 Å². The number of fused-ring (bicyclic) bond motifs is 1. The summed E-state index contributed by atoms with van der Waals surface area (Å²) in [6, 6.07) is 2.96. The number of benzene rings is 1. The number of carbonyl (C=O) groups is 1. The molecule has 0 aliphatic carbocycles. The first-order chi connectivity index (χ1) is 11.5. The van der Waals surface area contributed by atoms with Gasteiger partial charge in [-0.05, 0) is 18.2 Å². The third-order valence-corrected chi connectivity index (χ3v) is 4.24. The van der Waals surface area contributed by atoms with Gasteiger partial charge < -0.3 is 14.8 Å². The fraction of sp³-hybridized carbons (Fsp3) is 0.562. The monoisotopic (exact) mass is 344 g/mol. The summed E-state index contributed by atoms with van der Waals surface area (Å²) < 4.78 is 49.6. The molecule has 24 heavy (non-hydrogen) atoms.